The molecule has 0 saturated carbocycles. The van der Waals surface area contributed by atoms with Crippen LogP contribution in [0.5, 0.6) is 0 Å². The molecular weight excluding hydrogens is 517 g/mol. The molecule has 0 saturated heterocycles. The minimum Gasteiger partial charge on any atom is -0.361 e. The van der Waals surface area contributed by atoms with Gasteiger partial charge in [0.2, 0.25) is 0 Å². The largest absolute Gasteiger partial charge is 0.361 e. The second-order valence-corrected chi connectivity index (χ2v) is 10.5. The van der Waals surface area contributed by atoms with Crippen molar-refractivity contribution in [2.24, 2.45) is 0 Å². The highest BCUT2D eigenvalue weighted by Crippen LogP contribution is 2.45. The Balaban J connectivity index is 1.22. The number of ether oxygens (including phenoxy) is 1. The van der Waals surface area contributed by atoms with E-state index in [4.69, 9.17) is 4.74 Å². The van der Waals surface area contributed by atoms with Crippen LogP contribution in [-0.4, -0.2) is 30.0 Å². The summed E-state index contributed by atoms with van der Waals surface area (Å²) >= 11 is 3.58. The molecule has 3 aromatic carbocycles. The van der Waals surface area contributed by atoms with E-state index in [2.05, 4.69) is 63.3 Å². The molecule has 1 atom stereocenters. The zero-order valence-corrected chi connectivity index (χ0v) is 21.9. The Bertz CT molecular complexity index is 1410. The van der Waals surface area contributed by atoms with Gasteiger partial charge in [-0.25, -0.2) is 4.39 Å². The number of aromatic nitrogens is 1. The van der Waals surface area contributed by atoms with E-state index in [0.717, 1.165) is 59.9 Å². The molecule has 184 valence electrons. The van der Waals surface area contributed by atoms with Crippen LogP contribution in [0.2, 0.25) is 0 Å². The van der Waals surface area contributed by atoms with Crippen LogP contribution < -0.4 is 0 Å². The molecule has 1 unspecified atom stereocenters. The van der Waals surface area contributed by atoms with Crippen molar-refractivity contribution >= 4 is 26.8 Å². The van der Waals surface area contributed by atoms with Gasteiger partial charge in [0, 0.05) is 28.1 Å². The number of nitriles is 1. The normalized spacial score (nSPS) is 17.0. The molecule has 6 heteroatoms. The Morgan fingerprint density at radius 2 is 1.92 bits per heavy atom. The van der Waals surface area contributed by atoms with Crippen LogP contribution in [0.15, 0.2) is 71.3 Å². The zero-order valence-electron chi connectivity index (χ0n) is 20.4. The molecule has 5 rings (SSSR count). The molecule has 0 spiro atoms. The Labute approximate surface area is 219 Å². The summed E-state index contributed by atoms with van der Waals surface area (Å²) < 4.78 is 21.2. The van der Waals surface area contributed by atoms with Gasteiger partial charge in [0.1, 0.15) is 11.4 Å². The molecular formula is C30H29BrFN3O. The number of hydrogen-bond donors (Lipinski definition) is 1. The van der Waals surface area contributed by atoms with Gasteiger partial charge in [-0.1, -0.05) is 34.1 Å². The van der Waals surface area contributed by atoms with Crippen molar-refractivity contribution in [2.75, 3.05) is 20.1 Å². The van der Waals surface area contributed by atoms with E-state index in [1.54, 1.807) is 0 Å². The van der Waals surface area contributed by atoms with Crippen LogP contribution in [0, 0.1) is 17.1 Å². The number of fused-ring (bicyclic) bond motifs is 2. The molecule has 4 nitrogen and oxygen atoms in total. The number of benzene rings is 3. The molecule has 2 heterocycles. The summed E-state index contributed by atoms with van der Waals surface area (Å²) in [7, 11) is 2.17. The standard InChI is InChI=1S/C30H29BrFN3O/c1-35(15-12-22-19-34-29-11-7-25(31)17-27(22)29)14-3-2-13-30(24-5-8-26(32)9-6-24)28-10-4-21(18-33)16-23(28)20-36-30/h4-11,16-17,19,34H,2-3,12-15,20H2,1H3. The molecule has 0 amide bonds. The summed E-state index contributed by atoms with van der Waals surface area (Å²) in [5.74, 6) is -0.254. The number of rotatable bonds is 9. The van der Waals surface area contributed by atoms with Crippen LogP contribution >= 0.6 is 15.9 Å². The van der Waals surface area contributed by atoms with Gasteiger partial charge >= 0.3 is 0 Å². The topological polar surface area (TPSA) is 52.0 Å². The minimum atomic E-state index is -0.604. The number of nitrogens with zero attached hydrogens (tertiary/aromatic N) is 2. The highest BCUT2D eigenvalue weighted by atomic mass is 79.9. The van der Waals surface area contributed by atoms with Crippen molar-refractivity contribution in [3.05, 3.63) is 105 Å². The van der Waals surface area contributed by atoms with E-state index in [0.29, 0.717) is 12.2 Å². The highest BCUT2D eigenvalue weighted by molar-refractivity contribution is 9.10. The summed E-state index contributed by atoms with van der Waals surface area (Å²) in [5, 5.41) is 10.6. The van der Waals surface area contributed by atoms with E-state index < -0.39 is 5.60 Å². The maximum atomic E-state index is 13.7. The molecule has 1 aliphatic heterocycles. The molecule has 4 aromatic rings. The highest BCUT2D eigenvalue weighted by Gasteiger charge is 2.41. The van der Waals surface area contributed by atoms with E-state index >= 15 is 0 Å². The first kappa shape index (κ1) is 24.7. The zero-order chi connectivity index (χ0) is 25.1. The molecule has 1 N–H and O–H groups in total. The SMILES string of the molecule is CN(CCCCC1(c2ccc(F)cc2)OCc2cc(C#N)ccc21)CCc1c[nH]c2ccc(Br)cc12. The minimum absolute atomic E-state index is 0.254. The third-order valence-electron chi connectivity index (χ3n) is 7.27. The van der Waals surface area contributed by atoms with Crippen LogP contribution in [0.1, 0.15) is 47.1 Å². The van der Waals surface area contributed by atoms with Gasteiger partial charge in [-0.2, -0.15) is 5.26 Å². The number of likely N-dealkylation sites (N-methyl/N-ethyl adjacent to an activating group) is 1. The second kappa shape index (κ2) is 10.6. The predicted molar refractivity (Wildman–Crippen MR) is 144 cm³/mol. The van der Waals surface area contributed by atoms with Gasteiger partial charge in [-0.15, -0.1) is 0 Å². The van der Waals surface area contributed by atoms with Gasteiger partial charge in [0.25, 0.3) is 0 Å². The van der Waals surface area contributed by atoms with E-state index in [1.165, 1.54) is 28.6 Å². The molecule has 36 heavy (non-hydrogen) atoms. The summed E-state index contributed by atoms with van der Waals surface area (Å²) in [6, 6.07) is 21.0. The number of H-pyrrole nitrogens is 1. The lowest BCUT2D eigenvalue weighted by Crippen LogP contribution is -2.28. The summed E-state index contributed by atoms with van der Waals surface area (Å²) in [6.07, 6.45) is 5.92. The van der Waals surface area contributed by atoms with Gasteiger partial charge in [0.05, 0.1) is 18.2 Å². The lowest BCUT2D eigenvalue weighted by molar-refractivity contribution is -0.0136. The second-order valence-electron chi connectivity index (χ2n) is 9.62. The van der Waals surface area contributed by atoms with E-state index in [9.17, 15) is 9.65 Å². The molecule has 0 fully saturated rings. The Morgan fingerprint density at radius 1 is 1.08 bits per heavy atom. The molecule has 0 bridgehead atoms. The summed E-state index contributed by atoms with van der Waals surface area (Å²) in [6.45, 7) is 2.44. The van der Waals surface area contributed by atoms with Gasteiger partial charge in [-0.05, 0) is 104 Å². The molecule has 0 radical (unpaired) electrons. The average molecular weight is 546 g/mol. The first-order valence-electron chi connectivity index (χ1n) is 12.4. The Kier molecular flexibility index (Phi) is 7.25. The van der Waals surface area contributed by atoms with E-state index in [-0.39, 0.29) is 5.82 Å². The smallest absolute Gasteiger partial charge is 0.123 e. The fourth-order valence-electron chi connectivity index (χ4n) is 5.30. The van der Waals surface area contributed by atoms with Gasteiger partial charge < -0.3 is 14.6 Å². The number of hydrogen-bond acceptors (Lipinski definition) is 3. The van der Waals surface area contributed by atoms with Crippen molar-refractivity contribution < 1.29 is 9.13 Å². The first-order chi connectivity index (χ1) is 17.5. The fraction of sp³-hybridized carbons (Fsp3) is 0.300. The number of halogens is 2. The Hall–Kier alpha value is -2.98. The fourth-order valence-corrected chi connectivity index (χ4v) is 5.66. The number of aromatic amines is 1. The predicted octanol–water partition coefficient (Wildman–Crippen LogP) is 7.06. The maximum Gasteiger partial charge on any atom is 0.123 e. The number of nitrogens with one attached hydrogen (secondary N) is 1. The molecule has 1 aromatic heterocycles. The monoisotopic (exact) mass is 545 g/mol. The lowest BCUT2D eigenvalue weighted by atomic mass is 9.81. The third-order valence-corrected chi connectivity index (χ3v) is 7.76. The van der Waals surface area contributed by atoms with Crippen molar-refractivity contribution in [3.63, 3.8) is 0 Å². The summed E-state index contributed by atoms with van der Waals surface area (Å²) in [5.41, 5.74) is 5.63. The quantitative estimate of drug-likeness (QED) is 0.229. The third kappa shape index (κ3) is 4.97. The van der Waals surface area contributed by atoms with Crippen molar-refractivity contribution in [3.8, 4) is 6.07 Å². The molecule has 0 aliphatic carbocycles. The average Bonchev–Trinajstić information content (AvgIpc) is 3.47. The van der Waals surface area contributed by atoms with Crippen LogP contribution in [0.4, 0.5) is 4.39 Å². The summed E-state index contributed by atoms with van der Waals surface area (Å²) in [4.78, 5) is 5.75. The van der Waals surface area contributed by atoms with Crippen molar-refractivity contribution in [2.45, 2.75) is 37.9 Å². The number of unbranched alkanes of at least 4 members (excludes halogenated alkanes) is 1. The van der Waals surface area contributed by atoms with Crippen LogP contribution in [0.25, 0.3) is 10.9 Å². The van der Waals surface area contributed by atoms with Crippen LogP contribution in [-0.2, 0) is 23.4 Å². The molecule has 1 aliphatic rings. The Morgan fingerprint density at radius 3 is 2.72 bits per heavy atom. The van der Waals surface area contributed by atoms with E-state index in [1.807, 2.05) is 30.3 Å². The van der Waals surface area contributed by atoms with Crippen molar-refractivity contribution in [1.29, 1.82) is 5.26 Å². The maximum absolute atomic E-state index is 13.7. The van der Waals surface area contributed by atoms with Gasteiger partial charge in [-0.3, -0.25) is 0 Å². The van der Waals surface area contributed by atoms with Crippen molar-refractivity contribution in [1.82, 2.24) is 9.88 Å². The van der Waals surface area contributed by atoms with Gasteiger partial charge in [0.15, 0.2) is 0 Å². The van der Waals surface area contributed by atoms with Crippen LogP contribution in [0.3, 0.4) is 0 Å². The first-order valence-corrected chi connectivity index (χ1v) is 13.2. The lowest BCUT2D eigenvalue weighted by Gasteiger charge is -2.31.